The van der Waals surface area contributed by atoms with Gasteiger partial charge in [0.05, 0.1) is 5.69 Å². The van der Waals surface area contributed by atoms with Crippen molar-refractivity contribution in [1.82, 2.24) is 9.55 Å². The van der Waals surface area contributed by atoms with E-state index >= 15 is 0 Å². The van der Waals surface area contributed by atoms with Crippen LogP contribution in [0.25, 0.3) is 0 Å². The molecule has 0 saturated heterocycles. The van der Waals surface area contributed by atoms with E-state index in [-0.39, 0.29) is 0 Å². The van der Waals surface area contributed by atoms with Crippen molar-refractivity contribution in [3.8, 4) is 0 Å². The van der Waals surface area contributed by atoms with Gasteiger partial charge in [-0.15, -0.1) is 0 Å². The Kier molecular flexibility index (Phi) is 3.25. The fourth-order valence-corrected chi connectivity index (χ4v) is 3.06. The van der Waals surface area contributed by atoms with E-state index < -0.39 is 0 Å². The molecule has 0 spiro atoms. The first-order valence-electron chi connectivity index (χ1n) is 6.50. The Balaban J connectivity index is 1.82. The van der Waals surface area contributed by atoms with Crippen LogP contribution >= 0.6 is 15.9 Å². The fourth-order valence-electron chi connectivity index (χ4n) is 2.61. The van der Waals surface area contributed by atoms with E-state index in [1.807, 2.05) is 0 Å². The number of fused-ring (bicyclic) bond motifs is 1. The largest absolute Gasteiger partial charge is 0.334 e. The van der Waals surface area contributed by atoms with Crippen LogP contribution in [0.1, 0.15) is 30.4 Å². The Labute approximate surface area is 116 Å². The summed E-state index contributed by atoms with van der Waals surface area (Å²) in [6, 6.07) is 8.47. The molecule has 0 fully saturated rings. The van der Waals surface area contributed by atoms with Gasteiger partial charge in [-0.1, -0.05) is 35.0 Å². The molecule has 1 aliphatic rings. The molecule has 0 amide bonds. The van der Waals surface area contributed by atoms with Crippen LogP contribution in [0.5, 0.6) is 0 Å². The number of aryl methyl sites for hydroxylation is 1. The van der Waals surface area contributed by atoms with Crippen molar-refractivity contribution in [2.75, 3.05) is 0 Å². The van der Waals surface area contributed by atoms with Gasteiger partial charge in [-0.05, 0) is 30.0 Å². The number of halogens is 1. The molecular formula is C15H17BrN2. The van der Waals surface area contributed by atoms with Crippen LogP contribution < -0.4 is 0 Å². The monoisotopic (exact) mass is 304 g/mol. The molecule has 1 atom stereocenters. The lowest BCUT2D eigenvalue weighted by Gasteiger charge is -2.19. The van der Waals surface area contributed by atoms with Gasteiger partial charge in [0.1, 0.15) is 5.82 Å². The maximum atomic E-state index is 4.76. The van der Waals surface area contributed by atoms with E-state index in [0.717, 1.165) is 29.8 Å². The number of rotatable bonds is 2. The molecule has 0 N–H and O–H groups in total. The molecule has 0 radical (unpaired) electrons. The summed E-state index contributed by atoms with van der Waals surface area (Å²) in [4.78, 5) is 4.76. The van der Waals surface area contributed by atoms with Crippen molar-refractivity contribution in [3.63, 3.8) is 0 Å². The van der Waals surface area contributed by atoms with Crippen LogP contribution in [-0.4, -0.2) is 9.55 Å². The van der Waals surface area contributed by atoms with Crippen LogP contribution in [0.15, 0.2) is 34.9 Å². The van der Waals surface area contributed by atoms with Crippen LogP contribution in [0.2, 0.25) is 0 Å². The topological polar surface area (TPSA) is 17.8 Å². The van der Waals surface area contributed by atoms with Crippen LogP contribution in [0.4, 0.5) is 0 Å². The molecule has 3 rings (SSSR count). The average Bonchev–Trinajstić information content (AvgIpc) is 2.70. The summed E-state index contributed by atoms with van der Waals surface area (Å²) in [5.41, 5.74) is 2.50. The van der Waals surface area contributed by atoms with Gasteiger partial charge in [0, 0.05) is 30.1 Å². The second kappa shape index (κ2) is 4.88. The van der Waals surface area contributed by atoms with Crippen LogP contribution in [0, 0.1) is 5.92 Å². The van der Waals surface area contributed by atoms with E-state index in [2.05, 4.69) is 57.9 Å². The lowest BCUT2D eigenvalue weighted by atomic mass is 10.0. The third-order valence-electron chi connectivity index (χ3n) is 3.55. The van der Waals surface area contributed by atoms with Gasteiger partial charge < -0.3 is 4.57 Å². The quantitative estimate of drug-likeness (QED) is 0.825. The van der Waals surface area contributed by atoms with E-state index in [1.165, 1.54) is 23.5 Å². The predicted molar refractivity (Wildman–Crippen MR) is 76.7 cm³/mol. The van der Waals surface area contributed by atoms with Crippen molar-refractivity contribution in [2.45, 2.75) is 32.7 Å². The first-order chi connectivity index (χ1) is 8.70. The Hall–Kier alpha value is -1.09. The highest BCUT2D eigenvalue weighted by molar-refractivity contribution is 9.10. The molecule has 0 saturated carbocycles. The Bertz CT molecular complexity index is 559. The lowest BCUT2D eigenvalue weighted by Crippen LogP contribution is -2.17. The van der Waals surface area contributed by atoms with Crippen molar-refractivity contribution < 1.29 is 0 Å². The minimum Gasteiger partial charge on any atom is -0.334 e. The van der Waals surface area contributed by atoms with Crippen molar-refractivity contribution in [2.24, 2.45) is 5.92 Å². The third-order valence-corrected chi connectivity index (χ3v) is 4.05. The van der Waals surface area contributed by atoms with Gasteiger partial charge >= 0.3 is 0 Å². The minimum absolute atomic E-state index is 0.783. The number of hydrogen-bond donors (Lipinski definition) is 0. The molecule has 94 valence electrons. The summed E-state index contributed by atoms with van der Waals surface area (Å²) < 4.78 is 3.47. The van der Waals surface area contributed by atoms with Gasteiger partial charge in [-0.3, -0.25) is 0 Å². The maximum absolute atomic E-state index is 4.76. The van der Waals surface area contributed by atoms with Crippen LogP contribution in [0.3, 0.4) is 0 Å². The number of nitrogens with zero attached hydrogens (tertiary/aromatic N) is 2. The molecule has 1 unspecified atom stereocenters. The molecular weight excluding hydrogens is 288 g/mol. The molecule has 2 aromatic rings. The number of imidazole rings is 1. The van der Waals surface area contributed by atoms with Crippen LogP contribution in [-0.2, 0) is 19.4 Å². The number of aromatic nitrogens is 2. The zero-order valence-corrected chi connectivity index (χ0v) is 12.2. The third kappa shape index (κ3) is 2.51. The van der Waals surface area contributed by atoms with Gasteiger partial charge in [-0.25, -0.2) is 4.98 Å². The first kappa shape index (κ1) is 12.0. The zero-order chi connectivity index (χ0) is 12.5. The second-order valence-corrected chi connectivity index (χ2v) is 6.17. The molecule has 3 heteroatoms. The van der Waals surface area contributed by atoms with E-state index in [0.29, 0.717) is 0 Å². The number of hydrogen-bond acceptors (Lipinski definition) is 1. The van der Waals surface area contributed by atoms with Crippen molar-refractivity contribution in [1.29, 1.82) is 0 Å². The smallest absolute Gasteiger partial charge is 0.108 e. The summed E-state index contributed by atoms with van der Waals surface area (Å²) in [5, 5.41) is 0. The van der Waals surface area contributed by atoms with Gasteiger partial charge in [0.15, 0.2) is 0 Å². The van der Waals surface area contributed by atoms with E-state index in [1.54, 1.807) is 0 Å². The summed E-state index contributed by atoms with van der Waals surface area (Å²) in [5.74, 6) is 2.04. The summed E-state index contributed by atoms with van der Waals surface area (Å²) in [7, 11) is 0. The zero-order valence-electron chi connectivity index (χ0n) is 10.6. The molecule has 2 heterocycles. The van der Waals surface area contributed by atoms with Crippen molar-refractivity contribution >= 4 is 15.9 Å². The predicted octanol–water partition coefficient (Wildman–Crippen LogP) is 3.82. The second-order valence-electron chi connectivity index (χ2n) is 5.25. The normalized spacial score (nSPS) is 18.7. The van der Waals surface area contributed by atoms with Gasteiger partial charge in [0.2, 0.25) is 0 Å². The Morgan fingerprint density at radius 2 is 2.33 bits per heavy atom. The van der Waals surface area contributed by atoms with E-state index in [4.69, 9.17) is 4.98 Å². The average molecular weight is 305 g/mol. The standard InChI is InChI=1S/C15H17BrN2/c1-11-5-6-15-17-14(10-18(15)9-11)8-12-3-2-4-13(16)7-12/h2-4,7,10-11H,5-6,8-9H2,1H3. The Morgan fingerprint density at radius 1 is 1.44 bits per heavy atom. The number of benzene rings is 1. The molecule has 1 aromatic carbocycles. The highest BCUT2D eigenvalue weighted by atomic mass is 79.9. The minimum atomic E-state index is 0.783. The Morgan fingerprint density at radius 3 is 3.17 bits per heavy atom. The van der Waals surface area contributed by atoms with Gasteiger partial charge in [0.25, 0.3) is 0 Å². The summed E-state index contributed by atoms with van der Waals surface area (Å²) >= 11 is 3.51. The highest BCUT2D eigenvalue weighted by Crippen LogP contribution is 2.21. The highest BCUT2D eigenvalue weighted by Gasteiger charge is 2.17. The molecule has 1 aromatic heterocycles. The maximum Gasteiger partial charge on any atom is 0.108 e. The SMILES string of the molecule is CC1CCc2nc(Cc3cccc(Br)c3)cn2C1. The molecule has 1 aliphatic heterocycles. The lowest BCUT2D eigenvalue weighted by molar-refractivity contribution is 0.394. The van der Waals surface area contributed by atoms with E-state index in [9.17, 15) is 0 Å². The molecule has 2 nitrogen and oxygen atoms in total. The van der Waals surface area contributed by atoms with Gasteiger partial charge in [-0.2, -0.15) is 0 Å². The fraction of sp³-hybridized carbons (Fsp3) is 0.400. The van der Waals surface area contributed by atoms with Crippen molar-refractivity contribution in [3.05, 3.63) is 52.0 Å². The summed E-state index contributed by atoms with van der Waals surface area (Å²) in [6.45, 7) is 3.44. The molecule has 18 heavy (non-hydrogen) atoms. The molecule has 0 bridgehead atoms. The molecule has 0 aliphatic carbocycles. The summed E-state index contributed by atoms with van der Waals surface area (Å²) in [6.07, 6.45) is 5.55. The first-order valence-corrected chi connectivity index (χ1v) is 7.29.